The average molecular weight is 284 g/mol. The quantitative estimate of drug-likeness (QED) is 0.648. The van der Waals surface area contributed by atoms with Crippen LogP contribution in [0.5, 0.6) is 0 Å². The van der Waals surface area contributed by atoms with Crippen LogP contribution in [0.3, 0.4) is 0 Å². The highest BCUT2D eigenvalue weighted by Gasteiger charge is 1.98. The first kappa shape index (κ1) is 16.5. The minimum atomic E-state index is 0.616. The highest BCUT2D eigenvalue weighted by Crippen LogP contribution is 2.15. The second-order valence-corrected chi connectivity index (χ2v) is 5.71. The molecule has 0 atom stereocenters. The van der Waals surface area contributed by atoms with Gasteiger partial charge in [0.25, 0.3) is 0 Å². The van der Waals surface area contributed by atoms with Gasteiger partial charge in [0.05, 0.1) is 6.61 Å². The van der Waals surface area contributed by atoms with Crippen LogP contribution in [-0.2, 0) is 11.3 Å². The van der Waals surface area contributed by atoms with Gasteiger partial charge in [-0.1, -0.05) is 43.6 Å². The van der Waals surface area contributed by atoms with E-state index in [2.05, 4.69) is 19.2 Å². The molecule has 0 heterocycles. The SMILES string of the molecule is CC(C)CNCCCCCOCc1ccccc1Cl. The summed E-state index contributed by atoms with van der Waals surface area (Å²) >= 11 is 6.06. The van der Waals surface area contributed by atoms with Gasteiger partial charge in [0, 0.05) is 11.6 Å². The molecule has 19 heavy (non-hydrogen) atoms. The fourth-order valence-electron chi connectivity index (χ4n) is 1.82. The van der Waals surface area contributed by atoms with Crippen LogP contribution in [0, 0.1) is 5.92 Å². The van der Waals surface area contributed by atoms with Gasteiger partial charge in [0.1, 0.15) is 0 Å². The van der Waals surface area contributed by atoms with Crippen molar-refractivity contribution in [2.24, 2.45) is 5.92 Å². The maximum absolute atomic E-state index is 6.06. The smallest absolute Gasteiger partial charge is 0.0731 e. The van der Waals surface area contributed by atoms with E-state index in [9.17, 15) is 0 Å². The number of hydrogen-bond donors (Lipinski definition) is 1. The third kappa shape index (κ3) is 8.25. The van der Waals surface area contributed by atoms with E-state index in [0.717, 1.165) is 42.6 Å². The lowest BCUT2D eigenvalue weighted by molar-refractivity contribution is 0.117. The molecule has 0 aliphatic carbocycles. The fourth-order valence-corrected chi connectivity index (χ4v) is 2.01. The van der Waals surface area contributed by atoms with E-state index in [1.165, 1.54) is 12.8 Å². The summed E-state index contributed by atoms with van der Waals surface area (Å²) in [6.45, 7) is 8.12. The predicted octanol–water partition coefficient (Wildman–Crippen LogP) is 4.27. The molecular formula is C16H26ClNO. The van der Waals surface area contributed by atoms with Crippen molar-refractivity contribution in [1.82, 2.24) is 5.32 Å². The number of ether oxygens (including phenoxy) is 1. The molecule has 0 bridgehead atoms. The average Bonchev–Trinajstić information content (AvgIpc) is 2.38. The Balaban J connectivity index is 1.93. The van der Waals surface area contributed by atoms with Gasteiger partial charge in [-0.2, -0.15) is 0 Å². The lowest BCUT2D eigenvalue weighted by atomic mass is 10.2. The molecule has 0 saturated heterocycles. The molecule has 0 aliphatic rings. The molecule has 1 aromatic carbocycles. The van der Waals surface area contributed by atoms with Crippen LogP contribution in [0.2, 0.25) is 5.02 Å². The van der Waals surface area contributed by atoms with Crippen LogP contribution >= 0.6 is 11.6 Å². The zero-order valence-corrected chi connectivity index (χ0v) is 12.9. The summed E-state index contributed by atoms with van der Waals surface area (Å²) in [5.41, 5.74) is 1.07. The summed E-state index contributed by atoms with van der Waals surface area (Å²) in [6, 6.07) is 7.85. The summed E-state index contributed by atoms with van der Waals surface area (Å²) in [6.07, 6.45) is 3.56. The third-order valence-corrected chi connectivity index (χ3v) is 3.28. The number of rotatable bonds is 10. The lowest BCUT2D eigenvalue weighted by Gasteiger charge is -2.08. The van der Waals surface area contributed by atoms with Gasteiger partial charge in [0.15, 0.2) is 0 Å². The van der Waals surface area contributed by atoms with Crippen LogP contribution in [0.25, 0.3) is 0 Å². The summed E-state index contributed by atoms with van der Waals surface area (Å²) in [5.74, 6) is 0.735. The molecule has 0 aliphatic heterocycles. The van der Waals surface area contributed by atoms with E-state index >= 15 is 0 Å². The maximum Gasteiger partial charge on any atom is 0.0731 e. The summed E-state index contributed by atoms with van der Waals surface area (Å²) in [4.78, 5) is 0. The monoisotopic (exact) mass is 283 g/mol. The Morgan fingerprint density at radius 1 is 1.16 bits per heavy atom. The minimum absolute atomic E-state index is 0.616. The molecule has 1 rings (SSSR count). The van der Waals surface area contributed by atoms with E-state index < -0.39 is 0 Å². The van der Waals surface area contributed by atoms with Crippen molar-refractivity contribution in [1.29, 1.82) is 0 Å². The van der Waals surface area contributed by atoms with Crippen LogP contribution in [0.15, 0.2) is 24.3 Å². The Bertz CT molecular complexity index is 341. The molecule has 0 saturated carbocycles. The van der Waals surface area contributed by atoms with Gasteiger partial charge in [0.2, 0.25) is 0 Å². The number of nitrogens with one attached hydrogen (secondary N) is 1. The number of benzene rings is 1. The molecule has 2 nitrogen and oxygen atoms in total. The van der Waals surface area contributed by atoms with Gasteiger partial charge in [-0.05, 0) is 49.9 Å². The highest BCUT2D eigenvalue weighted by molar-refractivity contribution is 6.31. The molecule has 0 radical (unpaired) electrons. The molecule has 0 fully saturated rings. The summed E-state index contributed by atoms with van der Waals surface area (Å²) in [7, 11) is 0. The predicted molar refractivity (Wildman–Crippen MR) is 82.7 cm³/mol. The zero-order chi connectivity index (χ0) is 13.9. The molecule has 0 amide bonds. The first-order valence-electron chi connectivity index (χ1n) is 7.22. The highest BCUT2D eigenvalue weighted by atomic mass is 35.5. The van der Waals surface area contributed by atoms with Gasteiger partial charge < -0.3 is 10.1 Å². The van der Waals surface area contributed by atoms with Crippen molar-refractivity contribution >= 4 is 11.6 Å². The Hall–Kier alpha value is -0.570. The van der Waals surface area contributed by atoms with Gasteiger partial charge in [-0.15, -0.1) is 0 Å². The van der Waals surface area contributed by atoms with Gasteiger partial charge in [-0.3, -0.25) is 0 Å². The molecular weight excluding hydrogens is 258 g/mol. The Kier molecular flexibility index (Phi) is 8.89. The van der Waals surface area contributed by atoms with Crippen molar-refractivity contribution in [3.63, 3.8) is 0 Å². The fraction of sp³-hybridized carbons (Fsp3) is 0.625. The zero-order valence-electron chi connectivity index (χ0n) is 12.1. The molecule has 0 aromatic heterocycles. The van der Waals surface area contributed by atoms with E-state index in [4.69, 9.17) is 16.3 Å². The number of unbranched alkanes of at least 4 members (excludes halogenated alkanes) is 2. The van der Waals surface area contributed by atoms with E-state index in [-0.39, 0.29) is 0 Å². The second kappa shape index (κ2) is 10.2. The largest absolute Gasteiger partial charge is 0.377 e. The molecule has 0 spiro atoms. The van der Waals surface area contributed by atoms with E-state index in [0.29, 0.717) is 6.61 Å². The third-order valence-electron chi connectivity index (χ3n) is 2.91. The molecule has 0 unspecified atom stereocenters. The van der Waals surface area contributed by atoms with Crippen molar-refractivity contribution < 1.29 is 4.74 Å². The van der Waals surface area contributed by atoms with Crippen LogP contribution < -0.4 is 5.32 Å². The number of hydrogen-bond acceptors (Lipinski definition) is 2. The molecule has 1 N–H and O–H groups in total. The summed E-state index contributed by atoms with van der Waals surface area (Å²) < 4.78 is 5.64. The number of halogens is 1. The van der Waals surface area contributed by atoms with Gasteiger partial charge >= 0.3 is 0 Å². The lowest BCUT2D eigenvalue weighted by Crippen LogP contribution is -2.20. The first-order chi connectivity index (χ1) is 9.20. The van der Waals surface area contributed by atoms with E-state index in [1.807, 2.05) is 24.3 Å². The van der Waals surface area contributed by atoms with Crippen molar-refractivity contribution in [2.45, 2.75) is 39.7 Å². The Morgan fingerprint density at radius 3 is 2.68 bits per heavy atom. The summed E-state index contributed by atoms with van der Waals surface area (Å²) in [5, 5.41) is 4.24. The second-order valence-electron chi connectivity index (χ2n) is 5.30. The normalized spacial score (nSPS) is 11.2. The van der Waals surface area contributed by atoms with Gasteiger partial charge in [-0.25, -0.2) is 0 Å². The van der Waals surface area contributed by atoms with Crippen LogP contribution in [0.4, 0.5) is 0 Å². The molecule has 108 valence electrons. The minimum Gasteiger partial charge on any atom is -0.377 e. The molecule has 1 aromatic rings. The van der Waals surface area contributed by atoms with E-state index in [1.54, 1.807) is 0 Å². The maximum atomic E-state index is 6.06. The van der Waals surface area contributed by atoms with Crippen molar-refractivity contribution in [3.8, 4) is 0 Å². The first-order valence-corrected chi connectivity index (χ1v) is 7.60. The Labute approximate surface area is 122 Å². The van der Waals surface area contributed by atoms with Crippen LogP contribution in [0.1, 0.15) is 38.7 Å². The Morgan fingerprint density at radius 2 is 1.95 bits per heavy atom. The standard InChI is InChI=1S/C16H26ClNO/c1-14(2)12-18-10-6-3-7-11-19-13-15-8-4-5-9-16(15)17/h4-5,8-9,14,18H,3,6-7,10-13H2,1-2H3. The molecule has 3 heteroatoms. The van der Waals surface area contributed by atoms with Crippen molar-refractivity contribution in [2.75, 3.05) is 19.7 Å². The van der Waals surface area contributed by atoms with Crippen LogP contribution in [-0.4, -0.2) is 19.7 Å². The topological polar surface area (TPSA) is 21.3 Å². The van der Waals surface area contributed by atoms with Crippen molar-refractivity contribution in [3.05, 3.63) is 34.9 Å².